The quantitative estimate of drug-likeness (QED) is 0.828. The molecule has 0 aliphatic heterocycles. The summed E-state index contributed by atoms with van der Waals surface area (Å²) in [6.45, 7) is 2.90. The lowest BCUT2D eigenvalue weighted by Gasteiger charge is -2.16. The Morgan fingerprint density at radius 1 is 1.22 bits per heavy atom. The fourth-order valence-electron chi connectivity index (χ4n) is 1.81. The zero-order valence-electron chi connectivity index (χ0n) is 10.8. The molecule has 0 aliphatic carbocycles. The van der Waals surface area contributed by atoms with E-state index in [0.717, 1.165) is 30.4 Å². The van der Waals surface area contributed by atoms with Crippen molar-refractivity contribution in [1.29, 1.82) is 0 Å². The summed E-state index contributed by atoms with van der Waals surface area (Å²) in [5.41, 5.74) is 2.24. The molecule has 4 nitrogen and oxygen atoms in total. The Morgan fingerprint density at radius 3 is 2.67 bits per heavy atom. The van der Waals surface area contributed by atoms with Crippen LogP contribution in [0.2, 0.25) is 0 Å². The number of nitrogens with zero attached hydrogens (tertiary/aromatic N) is 3. The molecule has 2 rings (SSSR count). The Hall–Kier alpha value is -1.97. The van der Waals surface area contributed by atoms with Crippen LogP contribution in [-0.2, 0) is 0 Å². The van der Waals surface area contributed by atoms with Crippen LogP contribution in [0.25, 0.3) is 11.0 Å². The number of hydrogen-bond acceptors (Lipinski definition) is 3. The standard InChI is InChI=1S/C14H17N3O/c1-3-4-9-17(2)14(18)11-5-6-12-13(10-11)16-8-7-15-12/h5-8,10H,3-4,9H2,1-2H3. The summed E-state index contributed by atoms with van der Waals surface area (Å²) < 4.78 is 0. The van der Waals surface area contributed by atoms with Crippen molar-refractivity contribution in [2.75, 3.05) is 13.6 Å². The first kappa shape index (κ1) is 12.5. The number of amides is 1. The molecule has 0 saturated carbocycles. The van der Waals surface area contributed by atoms with Crippen LogP contribution in [0.4, 0.5) is 0 Å². The first-order valence-corrected chi connectivity index (χ1v) is 6.18. The molecule has 4 heteroatoms. The summed E-state index contributed by atoms with van der Waals surface area (Å²) in [5, 5.41) is 0. The van der Waals surface area contributed by atoms with E-state index in [9.17, 15) is 4.79 Å². The molecule has 18 heavy (non-hydrogen) atoms. The van der Waals surface area contributed by atoms with Gasteiger partial charge in [-0.3, -0.25) is 14.8 Å². The number of hydrogen-bond donors (Lipinski definition) is 0. The second kappa shape index (κ2) is 5.58. The first-order chi connectivity index (χ1) is 8.72. The third-order valence-corrected chi connectivity index (χ3v) is 2.91. The van der Waals surface area contributed by atoms with Crippen LogP contribution in [0.1, 0.15) is 30.1 Å². The average Bonchev–Trinajstić information content (AvgIpc) is 2.43. The fraction of sp³-hybridized carbons (Fsp3) is 0.357. The third kappa shape index (κ3) is 2.64. The first-order valence-electron chi connectivity index (χ1n) is 6.18. The number of carbonyl (C=O) groups excluding carboxylic acids is 1. The van der Waals surface area contributed by atoms with Crippen LogP contribution in [0.5, 0.6) is 0 Å². The van der Waals surface area contributed by atoms with Crippen LogP contribution in [0.15, 0.2) is 30.6 Å². The Balaban J connectivity index is 2.22. The van der Waals surface area contributed by atoms with Crippen molar-refractivity contribution in [2.24, 2.45) is 0 Å². The van der Waals surface area contributed by atoms with Crippen molar-refractivity contribution in [3.05, 3.63) is 36.2 Å². The average molecular weight is 243 g/mol. The van der Waals surface area contributed by atoms with E-state index in [1.54, 1.807) is 23.4 Å². The largest absolute Gasteiger partial charge is 0.342 e. The van der Waals surface area contributed by atoms with Gasteiger partial charge in [0, 0.05) is 31.5 Å². The van der Waals surface area contributed by atoms with Gasteiger partial charge in [-0.05, 0) is 24.6 Å². The summed E-state index contributed by atoms with van der Waals surface area (Å²) in [6, 6.07) is 5.44. The molecule has 1 amide bonds. The fourth-order valence-corrected chi connectivity index (χ4v) is 1.81. The molecular formula is C14H17N3O. The molecule has 0 N–H and O–H groups in total. The molecule has 1 aromatic heterocycles. The number of rotatable bonds is 4. The maximum absolute atomic E-state index is 12.2. The summed E-state index contributed by atoms with van der Waals surface area (Å²) in [6.07, 6.45) is 5.39. The van der Waals surface area contributed by atoms with E-state index >= 15 is 0 Å². The van der Waals surface area contributed by atoms with Crippen molar-refractivity contribution < 1.29 is 4.79 Å². The predicted molar refractivity (Wildman–Crippen MR) is 71.4 cm³/mol. The van der Waals surface area contributed by atoms with E-state index < -0.39 is 0 Å². The van der Waals surface area contributed by atoms with Gasteiger partial charge < -0.3 is 4.90 Å². The van der Waals surface area contributed by atoms with Crippen LogP contribution >= 0.6 is 0 Å². The number of aromatic nitrogens is 2. The molecule has 0 unspecified atom stereocenters. The normalized spacial score (nSPS) is 10.6. The minimum absolute atomic E-state index is 0.0380. The number of unbranched alkanes of at least 4 members (excludes halogenated alkanes) is 1. The van der Waals surface area contributed by atoms with Gasteiger partial charge >= 0.3 is 0 Å². The molecule has 1 heterocycles. The summed E-state index contributed by atoms with van der Waals surface area (Å²) in [5.74, 6) is 0.0380. The minimum Gasteiger partial charge on any atom is -0.342 e. The van der Waals surface area contributed by atoms with Crippen LogP contribution in [0, 0.1) is 0 Å². The highest BCUT2D eigenvalue weighted by molar-refractivity contribution is 5.97. The van der Waals surface area contributed by atoms with Gasteiger partial charge in [-0.1, -0.05) is 13.3 Å². The lowest BCUT2D eigenvalue weighted by Crippen LogP contribution is -2.27. The van der Waals surface area contributed by atoms with Gasteiger partial charge in [0.2, 0.25) is 0 Å². The second-order valence-electron chi connectivity index (χ2n) is 4.34. The monoisotopic (exact) mass is 243 g/mol. The number of carbonyl (C=O) groups is 1. The van der Waals surface area contributed by atoms with Gasteiger partial charge in [-0.15, -0.1) is 0 Å². The van der Waals surface area contributed by atoms with Crippen molar-refractivity contribution >= 4 is 16.9 Å². The SMILES string of the molecule is CCCCN(C)C(=O)c1ccc2nccnc2c1. The highest BCUT2D eigenvalue weighted by Crippen LogP contribution is 2.12. The van der Waals surface area contributed by atoms with Crippen LogP contribution in [-0.4, -0.2) is 34.4 Å². The lowest BCUT2D eigenvalue weighted by atomic mass is 10.1. The summed E-state index contributed by atoms with van der Waals surface area (Å²) in [4.78, 5) is 22.3. The van der Waals surface area contributed by atoms with Gasteiger partial charge in [0.1, 0.15) is 0 Å². The summed E-state index contributed by atoms with van der Waals surface area (Å²) >= 11 is 0. The lowest BCUT2D eigenvalue weighted by molar-refractivity contribution is 0.0793. The molecule has 0 atom stereocenters. The molecular weight excluding hydrogens is 226 g/mol. The molecule has 0 bridgehead atoms. The maximum Gasteiger partial charge on any atom is 0.253 e. The maximum atomic E-state index is 12.2. The van der Waals surface area contributed by atoms with E-state index in [2.05, 4.69) is 16.9 Å². The zero-order valence-corrected chi connectivity index (χ0v) is 10.8. The van der Waals surface area contributed by atoms with Gasteiger partial charge in [-0.25, -0.2) is 0 Å². The van der Waals surface area contributed by atoms with Crippen LogP contribution < -0.4 is 0 Å². The Kier molecular flexibility index (Phi) is 3.87. The highest BCUT2D eigenvalue weighted by Gasteiger charge is 2.11. The molecule has 1 aromatic carbocycles. The van der Waals surface area contributed by atoms with Crippen molar-refractivity contribution in [2.45, 2.75) is 19.8 Å². The predicted octanol–water partition coefficient (Wildman–Crippen LogP) is 2.50. The van der Waals surface area contributed by atoms with Crippen molar-refractivity contribution in [3.8, 4) is 0 Å². The summed E-state index contributed by atoms with van der Waals surface area (Å²) in [7, 11) is 1.83. The topological polar surface area (TPSA) is 46.1 Å². The Labute approximate surface area is 107 Å². The van der Waals surface area contributed by atoms with E-state index in [1.165, 1.54) is 0 Å². The molecule has 0 fully saturated rings. The van der Waals surface area contributed by atoms with Crippen molar-refractivity contribution in [1.82, 2.24) is 14.9 Å². The van der Waals surface area contributed by atoms with E-state index in [1.807, 2.05) is 19.2 Å². The molecule has 2 aromatic rings. The smallest absolute Gasteiger partial charge is 0.253 e. The van der Waals surface area contributed by atoms with Gasteiger partial charge in [0.15, 0.2) is 0 Å². The van der Waals surface area contributed by atoms with Gasteiger partial charge in [-0.2, -0.15) is 0 Å². The second-order valence-corrected chi connectivity index (χ2v) is 4.34. The molecule has 0 radical (unpaired) electrons. The minimum atomic E-state index is 0.0380. The zero-order chi connectivity index (χ0) is 13.0. The molecule has 0 aliphatic rings. The van der Waals surface area contributed by atoms with E-state index in [-0.39, 0.29) is 5.91 Å². The molecule has 0 saturated heterocycles. The number of benzene rings is 1. The van der Waals surface area contributed by atoms with Gasteiger partial charge in [0.05, 0.1) is 11.0 Å². The molecule has 0 spiro atoms. The highest BCUT2D eigenvalue weighted by atomic mass is 16.2. The third-order valence-electron chi connectivity index (χ3n) is 2.91. The Bertz CT molecular complexity index is 553. The Morgan fingerprint density at radius 2 is 1.94 bits per heavy atom. The number of fused-ring (bicyclic) bond motifs is 1. The van der Waals surface area contributed by atoms with E-state index in [4.69, 9.17) is 0 Å². The van der Waals surface area contributed by atoms with Crippen molar-refractivity contribution in [3.63, 3.8) is 0 Å². The van der Waals surface area contributed by atoms with Crippen LogP contribution in [0.3, 0.4) is 0 Å². The van der Waals surface area contributed by atoms with E-state index in [0.29, 0.717) is 5.56 Å². The van der Waals surface area contributed by atoms with Gasteiger partial charge in [0.25, 0.3) is 5.91 Å². The molecule has 94 valence electrons.